The third-order valence-electron chi connectivity index (χ3n) is 6.09. The zero-order valence-electron chi connectivity index (χ0n) is 17.7. The van der Waals surface area contributed by atoms with Crippen molar-refractivity contribution >= 4 is 11.7 Å². The van der Waals surface area contributed by atoms with Crippen LogP contribution in [0.5, 0.6) is 0 Å². The first-order chi connectivity index (χ1) is 15.1. The van der Waals surface area contributed by atoms with Crippen LogP contribution >= 0.6 is 0 Å². The molecule has 1 aliphatic heterocycles. The Labute approximate surface area is 182 Å². The Hall–Kier alpha value is -3.79. The van der Waals surface area contributed by atoms with Crippen LogP contribution in [0.4, 0.5) is 10.5 Å². The van der Waals surface area contributed by atoms with E-state index in [9.17, 15) is 4.79 Å². The predicted octanol–water partition coefficient (Wildman–Crippen LogP) is 6.23. The number of nitrogens with zero attached hydrogens (tertiary/aromatic N) is 2. The normalized spacial score (nSPS) is 15.0. The van der Waals surface area contributed by atoms with Crippen LogP contribution in [0.2, 0.25) is 0 Å². The van der Waals surface area contributed by atoms with E-state index >= 15 is 0 Å². The second-order valence-corrected chi connectivity index (χ2v) is 8.06. The van der Waals surface area contributed by atoms with Crippen molar-refractivity contribution in [1.82, 2.24) is 9.47 Å². The highest BCUT2D eigenvalue weighted by molar-refractivity contribution is 5.91. The van der Waals surface area contributed by atoms with Crippen molar-refractivity contribution in [3.8, 4) is 5.69 Å². The quantitative estimate of drug-likeness (QED) is 0.420. The number of benzene rings is 3. The molecule has 4 aromatic rings. The van der Waals surface area contributed by atoms with Gasteiger partial charge in [0.25, 0.3) is 0 Å². The number of nitrogens with one attached hydrogen (secondary N) is 1. The van der Waals surface area contributed by atoms with Crippen molar-refractivity contribution in [1.29, 1.82) is 0 Å². The molecule has 154 valence electrons. The number of aryl methyl sites for hydroxylation is 2. The zero-order chi connectivity index (χ0) is 21.4. The van der Waals surface area contributed by atoms with E-state index in [4.69, 9.17) is 0 Å². The summed E-state index contributed by atoms with van der Waals surface area (Å²) in [6.45, 7) is 4.64. The van der Waals surface area contributed by atoms with Gasteiger partial charge in [-0.15, -0.1) is 0 Å². The molecule has 2 heterocycles. The number of hydrogen-bond acceptors (Lipinski definition) is 1. The highest BCUT2D eigenvalue weighted by atomic mass is 16.2. The minimum Gasteiger partial charge on any atom is -0.318 e. The number of amides is 2. The largest absolute Gasteiger partial charge is 0.322 e. The summed E-state index contributed by atoms with van der Waals surface area (Å²) in [5.74, 6) is 0. The summed E-state index contributed by atoms with van der Waals surface area (Å²) >= 11 is 0. The zero-order valence-corrected chi connectivity index (χ0v) is 17.7. The predicted molar refractivity (Wildman–Crippen MR) is 125 cm³/mol. The fraction of sp³-hybridized carbons (Fsp3) is 0.148. The summed E-state index contributed by atoms with van der Waals surface area (Å²) < 4.78 is 2.22. The molecule has 0 aliphatic carbocycles. The highest BCUT2D eigenvalue weighted by Gasteiger charge is 2.33. The molecule has 2 amide bonds. The molecule has 5 rings (SSSR count). The van der Waals surface area contributed by atoms with Crippen LogP contribution in [0.3, 0.4) is 0 Å². The Kier molecular flexibility index (Phi) is 4.83. The van der Waals surface area contributed by atoms with Gasteiger partial charge in [-0.2, -0.15) is 0 Å². The molecule has 0 saturated carbocycles. The fourth-order valence-corrected chi connectivity index (χ4v) is 4.46. The third kappa shape index (κ3) is 3.40. The number of urea groups is 1. The van der Waals surface area contributed by atoms with Crippen LogP contribution < -0.4 is 5.32 Å². The first-order valence-corrected chi connectivity index (χ1v) is 10.6. The first kappa shape index (κ1) is 19.2. The van der Waals surface area contributed by atoms with Crippen LogP contribution in [0, 0.1) is 13.8 Å². The van der Waals surface area contributed by atoms with Crippen LogP contribution in [0.15, 0.2) is 91.1 Å². The lowest BCUT2D eigenvalue weighted by molar-refractivity contribution is 0.194. The fourth-order valence-electron chi connectivity index (χ4n) is 4.46. The smallest absolute Gasteiger partial charge is 0.318 e. The van der Waals surface area contributed by atoms with Crippen molar-refractivity contribution < 1.29 is 4.79 Å². The van der Waals surface area contributed by atoms with Gasteiger partial charge in [-0.3, -0.25) is 0 Å². The van der Waals surface area contributed by atoms with Gasteiger partial charge in [0.05, 0.1) is 12.2 Å². The monoisotopic (exact) mass is 407 g/mol. The molecule has 1 N–H and O–H groups in total. The van der Waals surface area contributed by atoms with Crippen LogP contribution in [0.25, 0.3) is 5.69 Å². The molecule has 0 spiro atoms. The number of fused-ring (bicyclic) bond motifs is 3. The van der Waals surface area contributed by atoms with E-state index in [0.717, 1.165) is 33.8 Å². The van der Waals surface area contributed by atoms with Gasteiger partial charge in [-0.1, -0.05) is 60.7 Å². The summed E-state index contributed by atoms with van der Waals surface area (Å²) in [7, 11) is 0. The number of hydrogen-bond donors (Lipinski definition) is 1. The van der Waals surface area contributed by atoms with Crippen LogP contribution in [-0.4, -0.2) is 15.5 Å². The van der Waals surface area contributed by atoms with Crippen molar-refractivity contribution in [2.24, 2.45) is 0 Å². The Bertz CT molecular complexity index is 1260. The molecule has 31 heavy (non-hydrogen) atoms. The Morgan fingerprint density at radius 2 is 1.55 bits per heavy atom. The summed E-state index contributed by atoms with van der Waals surface area (Å²) in [6, 6.07) is 28.4. The van der Waals surface area contributed by atoms with E-state index in [2.05, 4.69) is 65.5 Å². The van der Waals surface area contributed by atoms with E-state index in [1.165, 1.54) is 5.56 Å². The number of rotatable bonds is 2. The van der Waals surface area contributed by atoms with Crippen molar-refractivity contribution in [3.05, 3.63) is 119 Å². The Morgan fingerprint density at radius 3 is 2.35 bits per heavy atom. The van der Waals surface area contributed by atoms with E-state index in [1.807, 2.05) is 54.3 Å². The molecule has 0 radical (unpaired) electrons. The number of para-hydroxylation sites is 2. The van der Waals surface area contributed by atoms with Gasteiger partial charge in [-0.25, -0.2) is 4.79 Å². The van der Waals surface area contributed by atoms with Gasteiger partial charge in [0.1, 0.15) is 6.04 Å². The lowest BCUT2D eigenvalue weighted by Crippen LogP contribution is -2.38. The molecule has 1 aromatic heterocycles. The molecule has 4 heteroatoms. The molecule has 1 atom stereocenters. The first-order valence-electron chi connectivity index (χ1n) is 10.6. The van der Waals surface area contributed by atoms with E-state index in [-0.39, 0.29) is 12.1 Å². The average molecular weight is 408 g/mol. The summed E-state index contributed by atoms with van der Waals surface area (Å²) in [6.07, 6.45) is 2.09. The van der Waals surface area contributed by atoms with Crippen molar-refractivity contribution in [2.75, 3.05) is 5.32 Å². The van der Waals surface area contributed by atoms with Gasteiger partial charge >= 0.3 is 6.03 Å². The lowest BCUT2D eigenvalue weighted by Gasteiger charge is -2.32. The number of aromatic nitrogens is 1. The van der Waals surface area contributed by atoms with Crippen molar-refractivity contribution in [2.45, 2.75) is 26.4 Å². The summed E-state index contributed by atoms with van der Waals surface area (Å²) in [5, 5.41) is 3.16. The third-order valence-corrected chi connectivity index (χ3v) is 6.09. The summed E-state index contributed by atoms with van der Waals surface area (Å²) in [5.41, 5.74) is 7.50. The molecule has 0 saturated heterocycles. The second-order valence-electron chi connectivity index (χ2n) is 8.06. The van der Waals surface area contributed by atoms with Gasteiger partial charge < -0.3 is 14.8 Å². The highest BCUT2D eigenvalue weighted by Crippen LogP contribution is 2.38. The molecule has 4 nitrogen and oxygen atoms in total. The number of carbonyl (C=O) groups is 1. The van der Waals surface area contributed by atoms with E-state index in [0.29, 0.717) is 6.54 Å². The molecule has 1 aliphatic rings. The molecular formula is C27H25N3O. The van der Waals surface area contributed by atoms with Crippen LogP contribution in [0.1, 0.15) is 34.0 Å². The standard InChI is InChI=1S/C27H25N3O/c1-19-10-3-6-13-22(19)26-25-16-9-17-29(25)24-15-8-5-12-21(24)18-30(26)27(31)28-23-14-7-4-11-20(23)2/h3-17,26H,18H2,1-2H3,(H,28,31)/t26-/m0/s1. The molecule has 0 unspecified atom stereocenters. The van der Waals surface area contributed by atoms with E-state index < -0.39 is 0 Å². The van der Waals surface area contributed by atoms with Gasteiger partial charge in [-0.05, 0) is 60.4 Å². The molecular weight excluding hydrogens is 382 g/mol. The second kappa shape index (κ2) is 7.80. The average Bonchev–Trinajstić information content (AvgIpc) is 3.21. The van der Waals surface area contributed by atoms with Crippen molar-refractivity contribution in [3.63, 3.8) is 0 Å². The maximum absolute atomic E-state index is 13.7. The summed E-state index contributed by atoms with van der Waals surface area (Å²) in [4.78, 5) is 15.7. The van der Waals surface area contributed by atoms with E-state index in [1.54, 1.807) is 0 Å². The Balaban J connectivity index is 1.66. The number of carbonyl (C=O) groups excluding carboxylic acids is 1. The van der Waals surface area contributed by atoms with Crippen LogP contribution in [-0.2, 0) is 6.54 Å². The topological polar surface area (TPSA) is 37.3 Å². The number of anilines is 1. The maximum Gasteiger partial charge on any atom is 0.322 e. The SMILES string of the molecule is Cc1ccccc1NC(=O)N1Cc2ccccc2-n2cccc2[C@@H]1c1ccccc1C. The molecule has 0 fully saturated rings. The van der Waals surface area contributed by atoms with Gasteiger partial charge in [0.2, 0.25) is 0 Å². The molecule has 3 aromatic carbocycles. The van der Waals surface area contributed by atoms with Gasteiger partial charge in [0.15, 0.2) is 0 Å². The lowest BCUT2D eigenvalue weighted by atomic mass is 9.97. The maximum atomic E-state index is 13.7. The Morgan fingerprint density at radius 1 is 0.839 bits per heavy atom. The molecule has 0 bridgehead atoms. The minimum atomic E-state index is -0.201. The minimum absolute atomic E-state index is 0.105. The van der Waals surface area contributed by atoms with Gasteiger partial charge in [0, 0.05) is 17.6 Å².